The van der Waals surface area contributed by atoms with E-state index in [-0.39, 0.29) is 11.4 Å². The van der Waals surface area contributed by atoms with Crippen molar-refractivity contribution in [3.8, 4) is 5.75 Å². The average Bonchev–Trinajstić information content (AvgIpc) is 2.90. The topological polar surface area (TPSA) is 74.7 Å². The molecule has 4 rings (SSSR count). The highest BCUT2D eigenvalue weighted by Gasteiger charge is 2.34. The van der Waals surface area contributed by atoms with Gasteiger partial charge in [-0.1, -0.05) is 60.7 Å². The quantitative estimate of drug-likeness (QED) is 0.449. The second-order valence-corrected chi connectivity index (χ2v) is 9.25. The summed E-state index contributed by atoms with van der Waals surface area (Å²) >= 11 is 0. The lowest BCUT2D eigenvalue weighted by atomic mass is 9.82. The van der Waals surface area contributed by atoms with Gasteiger partial charge in [-0.15, -0.1) is 0 Å². The summed E-state index contributed by atoms with van der Waals surface area (Å²) < 4.78 is 4.66. The van der Waals surface area contributed by atoms with Gasteiger partial charge in [-0.25, -0.2) is 9.78 Å². The van der Waals surface area contributed by atoms with E-state index in [0.717, 1.165) is 44.5 Å². The molecule has 0 spiro atoms. The molecule has 0 amide bonds. The SMILES string of the molecule is COC(=O)c1ncc(CCCC(C)N2CCNCC2C(c2ccccc2)c2ccccc2)cc1O. The summed E-state index contributed by atoms with van der Waals surface area (Å²) in [6, 6.07) is 24.0. The third kappa shape index (κ3) is 6.08. The van der Waals surface area contributed by atoms with Gasteiger partial charge in [-0.2, -0.15) is 0 Å². The molecule has 35 heavy (non-hydrogen) atoms. The zero-order chi connectivity index (χ0) is 24.6. The zero-order valence-electron chi connectivity index (χ0n) is 20.6. The number of pyridine rings is 1. The van der Waals surface area contributed by atoms with Crippen LogP contribution in [-0.4, -0.2) is 59.8 Å². The summed E-state index contributed by atoms with van der Waals surface area (Å²) in [4.78, 5) is 18.4. The van der Waals surface area contributed by atoms with Crippen molar-refractivity contribution in [2.45, 2.75) is 44.2 Å². The van der Waals surface area contributed by atoms with Crippen LogP contribution in [0.15, 0.2) is 72.9 Å². The van der Waals surface area contributed by atoms with Crippen LogP contribution in [0.2, 0.25) is 0 Å². The minimum absolute atomic E-state index is 0.0406. The van der Waals surface area contributed by atoms with Gasteiger partial charge in [0.1, 0.15) is 5.75 Å². The molecular weight excluding hydrogens is 438 g/mol. The molecular formula is C29H35N3O3. The first-order chi connectivity index (χ1) is 17.1. The number of carbonyl (C=O) groups is 1. The standard InChI is InChI=1S/C29H35N3O3/c1-21(10-9-11-22-18-26(33)28(31-19-22)29(34)35-2)32-17-16-30-20-25(32)27(23-12-5-3-6-13-23)24-14-7-4-8-15-24/h3-8,12-15,18-19,21,25,27,30,33H,9-11,16-17,20H2,1-2H3. The second kappa shape index (κ2) is 12.0. The third-order valence-corrected chi connectivity index (χ3v) is 6.98. The largest absolute Gasteiger partial charge is 0.505 e. The van der Waals surface area contributed by atoms with E-state index >= 15 is 0 Å². The molecule has 1 aliphatic rings. The number of nitrogens with zero attached hydrogens (tertiary/aromatic N) is 2. The van der Waals surface area contributed by atoms with E-state index in [2.05, 4.69) is 87.5 Å². The Labute approximate surface area is 208 Å². The van der Waals surface area contributed by atoms with Crippen LogP contribution in [0.4, 0.5) is 0 Å². The van der Waals surface area contributed by atoms with Crippen LogP contribution in [0.3, 0.4) is 0 Å². The first-order valence-electron chi connectivity index (χ1n) is 12.4. The van der Waals surface area contributed by atoms with E-state index < -0.39 is 5.97 Å². The summed E-state index contributed by atoms with van der Waals surface area (Å²) in [5.41, 5.74) is 3.57. The molecule has 6 heteroatoms. The van der Waals surface area contributed by atoms with Crippen LogP contribution in [0, 0.1) is 0 Å². The Bertz CT molecular complexity index is 1050. The summed E-state index contributed by atoms with van der Waals surface area (Å²) in [7, 11) is 1.28. The van der Waals surface area contributed by atoms with Gasteiger partial charge in [0.15, 0.2) is 5.69 Å². The first-order valence-corrected chi connectivity index (χ1v) is 12.4. The van der Waals surface area contributed by atoms with Crippen molar-refractivity contribution in [1.82, 2.24) is 15.2 Å². The number of carbonyl (C=O) groups excluding carboxylic acids is 1. The summed E-state index contributed by atoms with van der Waals surface area (Å²) in [6.45, 7) is 5.27. The number of methoxy groups -OCH3 is 1. The molecule has 1 aromatic heterocycles. The van der Waals surface area contributed by atoms with Crippen LogP contribution >= 0.6 is 0 Å². The van der Waals surface area contributed by atoms with Gasteiger partial charge < -0.3 is 15.2 Å². The van der Waals surface area contributed by atoms with E-state index in [1.54, 1.807) is 12.3 Å². The highest BCUT2D eigenvalue weighted by molar-refractivity contribution is 5.90. The molecule has 2 aromatic carbocycles. The first kappa shape index (κ1) is 24.9. The smallest absolute Gasteiger partial charge is 0.360 e. The maximum Gasteiger partial charge on any atom is 0.360 e. The Morgan fingerprint density at radius 1 is 1.14 bits per heavy atom. The van der Waals surface area contributed by atoms with E-state index in [4.69, 9.17) is 0 Å². The van der Waals surface area contributed by atoms with Crippen molar-refractivity contribution in [3.05, 3.63) is 95.3 Å². The van der Waals surface area contributed by atoms with Crippen LogP contribution in [0.25, 0.3) is 0 Å². The highest BCUT2D eigenvalue weighted by atomic mass is 16.5. The van der Waals surface area contributed by atoms with Gasteiger partial charge in [0, 0.05) is 43.8 Å². The van der Waals surface area contributed by atoms with Gasteiger partial charge in [-0.05, 0) is 48.9 Å². The monoisotopic (exact) mass is 473 g/mol. The fraction of sp³-hybridized carbons (Fsp3) is 0.379. The van der Waals surface area contributed by atoms with Crippen LogP contribution < -0.4 is 5.32 Å². The van der Waals surface area contributed by atoms with Crippen molar-refractivity contribution in [1.29, 1.82) is 0 Å². The number of benzene rings is 2. The molecule has 6 nitrogen and oxygen atoms in total. The number of hydrogen-bond acceptors (Lipinski definition) is 6. The Morgan fingerprint density at radius 3 is 2.40 bits per heavy atom. The number of ether oxygens (including phenoxy) is 1. The van der Waals surface area contributed by atoms with Crippen molar-refractivity contribution < 1.29 is 14.6 Å². The summed E-state index contributed by atoms with van der Waals surface area (Å²) in [5, 5.41) is 13.8. The lowest BCUT2D eigenvalue weighted by Crippen LogP contribution is -2.56. The lowest BCUT2D eigenvalue weighted by Gasteiger charge is -2.44. The molecule has 1 saturated heterocycles. The Morgan fingerprint density at radius 2 is 1.80 bits per heavy atom. The van der Waals surface area contributed by atoms with Crippen LogP contribution in [-0.2, 0) is 11.2 Å². The van der Waals surface area contributed by atoms with E-state index in [1.165, 1.54) is 18.2 Å². The molecule has 2 N–H and O–H groups in total. The molecule has 0 radical (unpaired) electrons. The summed E-state index contributed by atoms with van der Waals surface area (Å²) in [5.74, 6) is -0.461. The number of rotatable bonds is 9. The molecule has 3 aromatic rings. The number of hydrogen-bond donors (Lipinski definition) is 2. The molecule has 184 valence electrons. The number of piperazine rings is 1. The maximum atomic E-state index is 11.7. The van der Waals surface area contributed by atoms with Gasteiger partial charge in [0.25, 0.3) is 0 Å². The Hall–Kier alpha value is -3.22. The van der Waals surface area contributed by atoms with Gasteiger partial charge >= 0.3 is 5.97 Å². The normalized spacial score (nSPS) is 17.3. The van der Waals surface area contributed by atoms with E-state index in [0.29, 0.717) is 18.0 Å². The van der Waals surface area contributed by atoms with Crippen molar-refractivity contribution >= 4 is 5.97 Å². The fourth-order valence-corrected chi connectivity index (χ4v) is 5.21. The number of nitrogens with one attached hydrogen (secondary N) is 1. The van der Waals surface area contributed by atoms with Gasteiger partial charge in [0.2, 0.25) is 0 Å². The Balaban J connectivity index is 1.46. The molecule has 2 heterocycles. The molecule has 1 aliphatic heterocycles. The van der Waals surface area contributed by atoms with Gasteiger partial charge in [0.05, 0.1) is 7.11 Å². The highest BCUT2D eigenvalue weighted by Crippen LogP contribution is 2.33. The minimum atomic E-state index is -0.626. The number of aromatic nitrogens is 1. The van der Waals surface area contributed by atoms with Crippen molar-refractivity contribution in [2.24, 2.45) is 0 Å². The van der Waals surface area contributed by atoms with E-state index in [1.807, 2.05) is 0 Å². The number of aromatic hydroxyl groups is 1. The summed E-state index contributed by atoms with van der Waals surface area (Å²) in [6.07, 6.45) is 4.46. The Kier molecular flexibility index (Phi) is 8.50. The number of aryl methyl sites for hydroxylation is 1. The van der Waals surface area contributed by atoms with Crippen molar-refractivity contribution in [2.75, 3.05) is 26.7 Å². The van der Waals surface area contributed by atoms with Gasteiger partial charge in [-0.3, -0.25) is 4.90 Å². The van der Waals surface area contributed by atoms with Crippen LogP contribution in [0.1, 0.15) is 52.9 Å². The van der Waals surface area contributed by atoms with Crippen molar-refractivity contribution in [3.63, 3.8) is 0 Å². The molecule has 0 bridgehead atoms. The predicted octanol–water partition coefficient (Wildman–Crippen LogP) is 4.39. The molecule has 0 aliphatic carbocycles. The predicted molar refractivity (Wildman–Crippen MR) is 138 cm³/mol. The van der Waals surface area contributed by atoms with Crippen LogP contribution in [0.5, 0.6) is 5.75 Å². The maximum absolute atomic E-state index is 11.7. The fourth-order valence-electron chi connectivity index (χ4n) is 5.21. The lowest BCUT2D eigenvalue weighted by molar-refractivity contribution is 0.0590. The second-order valence-electron chi connectivity index (χ2n) is 9.25. The molecule has 2 unspecified atom stereocenters. The number of esters is 1. The zero-order valence-corrected chi connectivity index (χ0v) is 20.6. The third-order valence-electron chi connectivity index (χ3n) is 6.98. The molecule has 1 fully saturated rings. The molecule has 0 saturated carbocycles. The minimum Gasteiger partial charge on any atom is -0.505 e. The molecule has 2 atom stereocenters. The average molecular weight is 474 g/mol. The van der Waals surface area contributed by atoms with E-state index in [9.17, 15) is 9.90 Å².